The highest BCUT2D eigenvalue weighted by molar-refractivity contribution is 6.36. The molecular formula is C16H10ClN3O2. The highest BCUT2D eigenvalue weighted by Gasteiger charge is 2.40. The van der Waals surface area contributed by atoms with Crippen LogP contribution in [0.4, 0.5) is 5.69 Å². The number of imide groups is 1. The Morgan fingerprint density at radius 1 is 1.14 bits per heavy atom. The first-order valence-corrected chi connectivity index (χ1v) is 6.89. The molecule has 22 heavy (non-hydrogen) atoms. The van der Waals surface area contributed by atoms with Gasteiger partial charge >= 0.3 is 0 Å². The number of carbonyl (C=O) groups excluding carboxylic acids is 2. The first-order valence-electron chi connectivity index (χ1n) is 6.51. The predicted molar refractivity (Wildman–Crippen MR) is 81.0 cm³/mol. The molecule has 0 aliphatic carbocycles. The summed E-state index contributed by atoms with van der Waals surface area (Å²) < 4.78 is 0. The number of nitrogens with zero attached hydrogens (tertiary/aromatic N) is 3. The van der Waals surface area contributed by atoms with Gasteiger partial charge in [0, 0.05) is 10.7 Å². The van der Waals surface area contributed by atoms with E-state index in [2.05, 4.69) is 4.98 Å². The first-order chi connectivity index (χ1) is 10.5. The van der Waals surface area contributed by atoms with Crippen LogP contribution in [0, 0.1) is 25.2 Å². The Bertz CT molecular complexity index is 884. The molecule has 0 radical (unpaired) electrons. The minimum atomic E-state index is -0.537. The Morgan fingerprint density at radius 3 is 2.55 bits per heavy atom. The fourth-order valence-electron chi connectivity index (χ4n) is 2.47. The van der Waals surface area contributed by atoms with Crippen molar-refractivity contribution in [3.63, 3.8) is 0 Å². The van der Waals surface area contributed by atoms with Crippen LogP contribution >= 0.6 is 11.6 Å². The molecule has 0 fully saturated rings. The monoisotopic (exact) mass is 311 g/mol. The summed E-state index contributed by atoms with van der Waals surface area (Å²) in [6.45, 7) is 3.41. The lowest BCUT2D eigenvalue weighted by atomic mass is 10.1. The van der Waals surface area contributed by atoms with Crippen LogP contribution in [-0.2, 0) is 0 Å². The van der Waals surface area contributed by atoms with Gasteiger partial charge in [0.1, 0.15) is 11.8 Å². The zero-order valence-corrected chi connectivity index (χ0v) is 12.6. The zero-order valence-electron chi connectivity index (χ0n) is 11.8. The van der Waals surface area contributed by atoms with Gasteiger partial charge in [-0.15, -0.1) is 0 Å². The number of amides is 2. The second-order valence-corrected chi connectivity index (χ2v) is 5.38. The fraction of sp³-hybridized carbons (Fsp3) is 0.125. The molecule has 0 atom stereocenters. The summed E-state index contributed by atoms with van der Waals surface area (Å²) >= 11 is 6.08. The van der Waals surface area contributed by atoms with Gasteiger partial charge in [-0.05, 0) is 43.7 Å². The van der Waals surface area contributed by atoms with Gasteiger partial charge in [0.15, 0.2) is 0 Å². The van der Waals surface area contributed by atoms with E-state index in [0.717, 1.165) is 4.90 Å². The molecule has 0 saturated carbocycles. The summed E-state index contributed by atoms with van der Waals surface area (Å²) in [6, 6.07) is 8.30. The molecule has 6 heteroatoms. The number of rotatable bonds is 1. The third-order valence-corrected chi connectivity index (χ3v) is 3.99. The van der Waals surface area contributed by atoms with Crippen LogP contribution in [0.25, 0.3) is 0 Å². The van der Waals surface area contributed by atoms with E-state index in [1.165, 1.54) is 6.07 Å². The number of fused-ring (bicyclic) bond motifs is 1. The number of pyridine rings is 1. The quantitative estimate of drug-likeness (QED) is 0.759. The van der Waals surface area contributed by atoms with Crippen molar-refractivity contribution >= 4 is 29.1 Å². The number of carbonyl (C=O) groups is 2. The molecule has 2 heterocycles. The van der Waals surface area contributed by atoms with E-state index < -0.39 is 11.8 Å². The molecule has 5 nitrogen and oxygen atoms in total. The summed E-state index contributed by atoms with van der Waals surface area (Å²) in [5.41, 5.74) is 1.93. The number of halogens is 1. The van der Waals surface area contributed by atoms with Gasteiger partial charge in [-0.1, -0.05) is 11.6 Å². The summed E-state index contributed by atoms with van der Waals surface area (Å²) in [5.74, 6) is -1.03. The fourth-order valence-corrected chi connectivity index (χ4v) is 2.62. The van der Waals surface area contributed by atoms with Crippen LogP contribution in [0.15, 0.2) is 24.3 Å². The third kappa shape index (κ3) is 1.89. The van der Waals surface area contributed by atoms with Crippen molar-refractivity contribution in [1.29, 1.82) is 5.26 Å². The van der Waals surface area contributed by atoms with Gasteiger partial charge in [-0.2, -0.15) is 5.26 Å². The molecule has 0 spiro atoms. The number of aromatic nitrogens is 1. The Hall–Kier alpha value is -2.71. The van der Waals surface area contributed by atoms with Crippen molar-refractivity contribution in [3.8, 4) is 6.07 Å². The maximum atomic E-state index is 12.6. The molecule has 0 bridgehead atoms. The van der Waals surface area contributed by atoms with Crippen molar-refractivity contribution in [2.75, 3.05) is 4.90 Å². The molecule has 2 aromatic rings. The second-order valence-electron chi connectivity index (χ2n) is 4.97. The molecule has 1 aliphatic heterocycles. The number of nitriles is 1. The highest BCUT2D eigenvalue weighted by atomic mass is 35.5. The Labute approximate surface area is 131 Å². The standard InChI is InChI=1S/C16H10ClN3O2/c1-8-3-5-11-13(19-8)16(22)20(15(11)21)14-9(2)12(17)6-4-10(14)7-18/h3-6H,1-2H3. The van der Waals surface area contributed by atoms with Crippen molar-refractivity contribution in [1.82, 2.24) is 4.98 Å². The van der Waals surface area contributed by atoms with E-state index in [0.29, 0.717) is 16.3 Å². The molecular weight excluding hydrogens is 302 g/mol. The van der Waals surface area contributed by atoms with Crippen LogP contribution in [0.3, 0.4) is 0 Å². The van der Waals surface area contributed by atoms with E-state index in [9.17, 15) is 14.9 Å². The molecule has 2 amide bonds. The molecule has 1 aromatic heterocycles. The molecule has 1 aliphatic rings. The highest BCUT2D eigenvalue weighted by Crippen LogP contribution is 2.35. The van der Waals surface area contributed by atoms with E-state index >= 15 is 0 Å². The van der Waals surface area contributed by atoms with Gasteiger partial charge in [-0.3, -0.25) is 9.59 Å². The van der Waals surface area contributed by atoms with Crippen LogP contribution in [0.1, 0.15) is 37.7 Å². The molecule has 1 aromatic carbocycles. The Morgan fingerprint density at radius 2 is 1.86 bits per heavy atom. The number of hydrogen-bond acceptors (Lipinski definition) is 4. The number of anilines is 1. The molecule has 108 valence electrons. The molecule has 0 unspecified atom stereocenters. The summed E-state index contributed by atoms with van der Waals surface area (Å²) in [5, 5.41) is 9.65. The Balaban J connectivity index is 2.25. The van der Waals surface area contributed by atoms with Crippen molar-refractivity contribution in [2.24, 2.45) is 0 Å². The minimum Gasteiger partial charge on any atom is -0.268 e. The Kier molecular flexibility index (Phi) is 3.19. The SMILES string of the molecule is Cc1ccc2c(n1)C(=O)N(c1c(C#N)ccc(Cl)c1C)C2=O. The summed E-state index contributed by atoms with van der Waals surface area (Å²) in [7, 11) is 0. The van der Waals surface area contributed by atoms with E-state index in [1.807, 2.05) is 6.07 Å². The van der Waals surface area contributed by atoms with E-state index in [1.54, 1.807) is 32.0 Å². The molecule has 3 rings (SSSR count). The first kappa shape index (κ1) is 14.2. The lowest BCUT2D eigenvalue weighted by molar-refractivity contribution is 0.0924. The lowest BCUT2D eigenvalue weighted by Gasteiger charge is -2.18. The summed E-state index contributed by atoms with van der Waals surface area (Å²) in [6.07, 6.45) is 0. The van der Waals surface area contributed by atoms with Crippen LogP contribution < -0.4 is 4.90 Å². The van der Waals surface area contributed by atoms with E-state index in [4.69, 9.17) is 11.6 Å². The van der Waals surface area contributed by atoms with Crippen molar-refractivity contribution in [3.05, 3.63) is 57.4 Å². The molecule has 0 saturated heterocycles. The average molecular weight is 312 g/mol. The maximum Gasteiger partial charge on any atom is 0.284 e. The third-order valence-electron chi connectivity index (χ3n) is 3.58. The van der Waals surface area contributed by atoms with Gasteiger partial charge < -0.3 is 0 Å². The lowest BCUT2D eigenvalue weighted by Crippen LogP contribution is -2.31. The van der Waals surface area contributed by atoms with Gasteiger partial charge in [-0.25, -0.2) is 9.88 Å². The smallest absolute Gasteiger partial charge is 0.268 e. The van der Waals surface area contributed by atoms with Crippen molar-refractivity contribution in [2.45, 2.75) is 13.8 Å². The number of hydrogen-bond donors (Lipinski definition) is 0. The number of benzene rings is 1. The average Bonchev–Trinajstić information content (AvgIpc) is 2.73. The minimum absolute atomic E-state index is 0.105. The maximum absolute atomic E-state index is 12.6. The van der Waals surface area contributed by atoms with E-state index in [-0.39, 0.29) is 22.5 Å². The van der Waals surface area contributed by atoms with Crippen LogP contribution in [0.5, 0.6) is 0 Å². The molecule has 0 N–H and O–H groups in total. The number of aryl methyl sites for hydroxylation is 1. The largest absolute Gasteiger partial charge is 0.284 e. The van der Waals surface area contributed by atoms with Crippen LogP contribution in [0.2, 0.25) is 5.02 Å². The topological polar surface area (TPSA) is 74.1 Å². The van der Waals surface area contributed by atoms with Crippen LogP contribution in [-0.4, -0.2) is 16.8 Å². The summed E-state index contributed by atoms with van der Waals surface area (Å²) in [4.78, 5) is 30.3. The predicted octanol–water partition coefficient (Wildman–Crippen LogP) is 3.02. The van der Waals surface area contributed by atoms with Gasteiger partial charge in [0.25, 0.3) is 11.8 Å². The van der Waals surface area contributed by atoms with Gasteiger partial charge in [0.05, 0.1) is 16.8 Å². The second kappa shape index (κ2) is 4.93. The van der Waals surface area contributed by atoms with Crippen molar-refractivity contribution < 1.29 is 9.59 Å². The normalized spacial score (nSPS) is 13.3. The zero-order chi connectivity index (χ0) is 16.0. The van der Waals surface area contributed by atoms with Gasteiger partial charge in [0.2, 0.25) is 0 Å².